The van der Waals surface area contributed by atoms with Crippen molar-refractivity contribution < 1.29 is 9.59 Å². The van der Waals surface area contributed by atoms with Gasteiger partial charge in [0.15, 0.2) is 0 Å². The molecule has 1 aliphatic rings. The van der Waals surface area contributed by atoms with Crippen molar-refractivity contribution in [3.63, 3.8) is 0 Å². The zero-order chi connectivity index (χ0) is 9.84. The molecule has 1 saturated heterocycles. The van der Waals surface area contributed by atoms with E-state index in [4.69, 9.17) is 5.73 Å². The molecule has 5 heteroatoms. The summed E-state index contributed by atoms with van der Waals surface area (Å²) in [6.07, 6.45) is 2.53. The molecule has 0 spiro atoms. The van der Waals surface area contributed by atoms with Gasteiger partial charge >= 0.3 is 0 Å². The third kappa shape index (κ3) is 2.10. The van der Waals surface area contributed by atoms with Gasteiger partial charge in [0.05, 0.1) is 4.91 Å². The van der Waals surface area contributed by atoms with Crippen LogP contribution in [0.15, 0.2) is 11.0 Å². The largest absolute Gasteiger partial charge is 0.329 e. The van der Waals surface area contributed by atoms with Crippen molar-refractivity contribution in [3.05, 3.63) is 11.0 Å². The first kappa shape index (κ1) is 10.3. The molecule has 0 saturated carbocycles. The number of allylic oxidation sites excluding steroid dienone is 1. The summed E-state index contributed by atoms with van der Waals surface area (Å²) in [4.78, 5) is 24.4. The van der Waals surface area contributed by atoms with Crippen LogP contribution in [-0.4, -0.2) is 29.1 Å². The normalized spacial score (nSPS) is 20.5. The molecule has 0 radical (unpaired) electrons. The monoisotopic (exact) mass is 200 g/mol. The zero-order valence-corrected chi connectivity index (χ0v) is 8.26. The highest BCUT2D eigenvalue weighted by Gasteiger charge is 2.33. The molecule has 1 fully saturated rings. The molecule has 0 bridgehead atoms. The first-order valence-corrected chi connectivity index (χ1v) is 4.96. The lowest BCUT2D eigenvalue weighted by molar-refractivity contribution is -0.122. The molecule has 72 valence electrons. The van der Waals surface area contributed by atoms with Gasteiger partial charge in [-0.15, -0.1) is 0 Å². The molecule has 0 aromatic rings. The SMILES string of the molecule is CC/C=C1/SC(=O)N(CCN)C1=O. The van der Waals surface area contributed by atoms with E-state index < -0.39 is 0 Å². The van der Waals surface area contributed by atoms with Crippen LogP contribution in [0.5, 0.6) is 0 Å². The lowest BCUT2D eigenvalue weighted by atomic mass is 10.4. The minimum atomic E-state index is -0.213. The lowest BCUT2D eigenvalue weighted by Crippen LogP contribution is -2.33. The van der Waals surface area contributed by atoms with Crippen molar-refractivity contribution in [3.8, 4) is 0 Å². The third-order valence-corrected chi connectivity index (χ3v) is 2.57. The first-order valence-electron chi connectivity index (χ1n) is 4.14. The number of nitrogens with zero attached hydrogens (tertiary/aromatic N) is 1. The molecule has 13 heavy (non-hydrogen) atoms. The topological polar surface area (TPSA) is 63.4 Å². The summed E-state index contributed by atoms with van der Waals surface area (Å²) in [6, 6.07) is 0. The van der Waals surface area contributed by atoms with E-state index in [1.807, 2.05) is 6.92 Å². The van der Waals surface area contributed by atoms with Gasteiger partial charge in [-0.1, -0.05) is 13.0 Å². The molecule has 1 heterocycles. The van der Waals surface area contributed by atoms with Crippen LogP contribution in [0.3, 0.4) is 0 Å². The Kier molecular flexibility index (Phi) is 3.50. The fourth-order valence-electron chi connectivity index (χ4n) is 1.05. The Labute approximate surface area is 81.1 Å². The van der Waals surface area contributed by atoms with Gasteiger partial charge in [-0.2, -0.15) is 0 Å². The van der Waals surface area contributed by atoms with Crippen molar-refractivity contribution in [2.24, 2.45) is 5.73 Å². The van der Waals surface area contributed by atoms with E-state index in [1.54, 1.807) is 6.08 Å². The fraction of sp³-hybridized carbons (Fsp3) is 0.500. The van der Waals surface area contributed by atoms with Crippen molar-refractivity contribution in [2.45, 2.75) is 13.3 Å². The summed E-state index contributed by atoms with van der Waals surface area (Å²) >= 11 is 0.989. The molecule has 0 atom stereocenters. The van der Waals surface area contributed by atoms with Crippen LogP contribution in [-0.2, 0) is 4.79 Å². The van der Waals surface area contributed by atoms with Crippen LogP contribution in [0.25, 0.3) is 0 Å². The van der Waals surface area contributed by atoms with Crippen molar-refractivity contribution in [1.82, 2.24) is 4.90 Å². The molecular weight excluding hydrogens is 188 g/mol. The number of hydrogen-bond acceptors (Lipinski definition) is 4. The van der Waals surface area contributed by atoms with Gasteiger partial charge in [-0.05, 0) is 18.2 Å². The number of imide groups is 1. The van der Waals surface area contributed by atoms with E-state index in [2.05, 4.69) is 0 Å². The van der Waals surface area contributed by atoms with Crippen molar-refractivity contribution in [1.29, 1.82) is 0 Å². The van der Waals surface area contributed by atoms with Gasteiger partial charge < -0.3 is 5.73 Å². The van der Waals surface area contributed by atoms with Gasteiger partial charge in [0, 0.05) is 13.1 Å². The lowest BCUT2D eigenvalue weighted by Gasteiger charge is -2.09. The molecule has 0 aromatic heterocycles. The zero-order valence-electron chi connectivity index (χ0n) is 7.45. The van der Waals surface area contributed by atoms with Gasteiger partial charge in [0.1, 0.15) is 0 Å². The summed E-state index contributed by atoms with van der Waals surface area (Å²) in [5.74, 6) is -0.206. The Bertz CT molecular complexity index is 263. The summed E-state index contributed by atoms with van der Waals surface area (Å²) in [6.45, 7) is 2.56. The number of carbonyl (C=O) groups is 2. The predicted octanol–water partition coefficient (Wildman–Crippen LogP) is 0.934. The predicted molar refractivity (Wildman–Crippen MR) is 52.1 cm³/mol. The number of nitrogens with two attached hydrogens (primary N) is 1. The van der Waals surface area contributed by atoms with E-state index in [0.29, 0.717) is 18.0 Å². The van der Waals surface area contributed by atoms with Gasteiger partial charge in [-0.3, -0.25) is 14.5 Å². The van der Waals surface area contributed by atoms with E-state index in [9.17, 15) is 9.59 Å². The molecule has 2 N–H and O–H groups in total. The molecule has 1 rings (SSSR count). The van der Waals surface area contributed by atoms with Crippen LogP contribution in [0.2, 0.25) is 0 Å². The molecule has 0 unspecified atom stereocenters. The maximum atomic E-state index is 11.5. The van der Waals surface area contributed by atoms with E-state index in [1.165, 1.54) is 4.90 Å². The Morgan fingerprint density at radius 3 is 2.77 bits per heavy atom. The summed E-state index contributed by atoms with van der Waals surface area (Å²) in [7, 11) is 0. The number of carbonyl (C=O) groups excluding carboxylic acids is 2. The first-order chi connectivity index (χ1) is 6.20. The Morgan fingerprint density at radius 1 is 1.54 bits per heavy atom. The molecule has 1 aliphatic heterocycles. The second-order valence-electron chi connectivity index (χ2n) is 2.59. The standard InChI is InChI=1S/C8H12N2O2S/c1-2-3-6-7(11)10(5-4-9)8(12)13-6/h3H,2,4-5,9H2,1H3/b6-3+. The van der Waals surface area contributed by atoms with Gasteiger partial charge in [-0.25, -0.2) is 0 Å². The average molecular weight is 200 g/mol. The van der Waals surface area contributed by atoms with E-state index in [0.717, 1.165) is 18.2 Å². The summed E-state index contributed by atoms with van der Waals surface area (Å²) in [5.41, 5.74) is 5.28. The summed E-state index contributed by atoms with van der Waals surface area (Å²) in [5, 5.41) is -0.213. The van der Waals surface area contributed by atoms with Crippen LogP contribution in [0.4, 0.5) is 4.79 Å². The number of thioether (sulfide) groups is 1. The minimum Gasteiger partial charge on any atom is -0.329 e. The quantitative estimate of drug-likeness (QED) is 0.688. The molecule has 2 amide bonds. The average Bonchev–Trinajstić information content (AvgIpc) is 2.34. The highest BCUT2D eigenvalue weighted by Crippen LogP contribution is 2.30. The van der Waals surface area contributed by atoms with Crippen LogP contribution in [0.1, 0.15) is 13.3 Å². The van der Waals surface area contributed by atoms with E-state index >= 15 is 0 Å². The highest BCUT2D eigenvalue weighted by molar-refractivity contribution is 8.18. The van der Waals surface area contributed by atoms with Gasteiger partial charge in [0.2, 0.25) is 0 Å². The fourth-order valence-corrected chi connectivity index (χ4v) is 1.97. The number of rotatable bonds is 3. The highest BCUT2D eigenvalue weighted by atomic mass is 32.2. The second kappa shape index (κ2) is 4.43. The van der Waals surface area contributed by atoms with Crippen LogP contribution >= 0.6 is 11.8 Å². The third-order valence-electron chi connectivity index (χ3n) is 1.62. The maximum absolute atomic E-state index is 11.5. The second-order valence-corrected chi connectivity index (χ2v) is 3.58. The van der Waals surface area contributed by atoms with Gasteiger partial charge in [0.25, 0.3) is 11.1 Å². The smallest absolute Gasteiger partial charge is 0.293 e. The van der Waals surface area contributed by atoms with Crippen molar-refractivity contribution >= 4 is 22.9 Å². The summed E-state index contributed by atoms with van der Waals surface area (Å²) < 4.78 is 0. The Morgan fingerprint density at radius 2 is 2.23 bits per heavy atom. The number of hydrogen-bond donors (Lipinski definition) is 1. The number of amides is 2. The molecule has 4 nitrogen and oxygen atoms in total. The molecule has 0 aliphatic carbocycles. The minimum absolute atomic E-state index is 0.206. The maximum Gasteiger partial charge on any atom is 0.293 e. The van der Waals surface area contributed by atoms with Crippen molar-refractivity contribution in [2.75, 3.05) is 13.1 Å². The Balaban J connectivity index is 2.75. The van der Waals surface area contributed by atoms with Crippen LogP contribution in [0, 0.1) is 0 Å². The molecule has 0 aromatic carbocycles. The Hall–Kier alpha value is -0.810. The van der Waals surface area contributed by atoms with E-state index in [-0.39, 0.29) is 11.1 Å². The molecular formula is C8H12N2O2S. The van der Waals surface area contributed by atoms with Crippen LogP contribution < -0.4 is 5.73 Å².